The Morgan fingerprint density at radius 3 is 2.82 bits per heavy atom. The maximum Gasteiger partial charge on any atom is 0.184 e. The van der Waals surface area contributed by atoms with Crippen LogP contribution in [0.3, 0.4) is 0 Å². The van der Waals surface area contributed by atoms with Gasteiger partial charge in [0.05, 0.1) is 6.17 Å². The Bertz CT molecular complexity index is 121. The van der Waals surface area contributed by atoms with Gasteiger partial charge in [0.25, 0.3) is 0 Å². The van der Waals surface area contributed by atoms with Gasteiger partial charge in [0.15, 0.2) is 6.29 Å². The van der Waals surface area contributed by atoms with E-state index >= 15 is 0 Å². The molecule has 3 unspecified atom stereocenters. The van der Waals surface area contributed by atoms with Gasteiger partial charge in [-0.2, -0.15) is 0 Å². The van der Waals surface area contributed by atoms with Gasteiger partial charge in [-0.1, -0.05) is 13.3 Å². The fourth-order valence-corrected chi connectivity index (χ4v) is 0.939. The van der Waals surface area contributed by atoms with E-state index in [1.54, 1.807) is 0 Å². The zero-order valence-electron chi connectivity index (χ0n) is 6.79. The van der Waals surface area contributed by atoms with E-state index in [-0.39, 0.29) is 12.3 Å². The molecule has 4 heteroatoms. The fourth-order valence-electron chi connectivity index (χ4n) is 0.939. The van der Waals surface area contributed by atoms with Crippen LogP contribution >= 0.6 is 0 Å². The van der Waals surface area contributed by atoms with E-state index in [0.29, 0.717) is 0 Å². The molecule has 0 amide bonds. The first kappa shape index (κ1) is 8.93. The van der Waals surface area contributed by atoms with E-state index < -0.39 is 6.29 Å². The minimum absolute atomic E-state index is 0.188. The summed E-state index contributed by atoms with van der Waals surface area (Å²) in [6, 6.07) is 0. The fraction of sp³-hybridized carbons (Fsp3) is 1.00. The summed E-state index contributed by atoms with van der Waals surface area (Å²) in [5, 5.41) is 11.9. The third kappa shape index (κ3) is 2.75. The van der Waals surface area contributed by atoms with Crippen LogP contribution in [0, 0.1) is 0 Å². The maximum atomic E-state index is 8.81. The van der Waals surface area contributed by atoms with Crippen molar-refractivity contribution in [2.45, 2.75) is 38.3 Å². The first-order valence-electron chi connectivity index (χ1n) is 4.08. The molecule has 0 aromatic heterocycles. The summed E-state index contributed by atoms with van der Waals surface area (Å²) in [5.74, 6) is 0. The smallest absolute Gasteiger partial charge is 0.184 e. The van der Waals surface area contributed by atoms with Gasteiger partial charge in [-0.3, -0.25) is 5.32 Å². The maximum absolute atomic E-state index is 8.81. The second-order valence-electron chi connectivity index (χ2n) is 2.82. The number of aliphatic hydroxyl groups excluding tert-OH is 1. The lowest BCUT2D eigenvalue weighted by molar-refractivity contribution is 0.155. The summed E-state index contributed by atoms with van der Waals surface area (Å²) in [7, 11) is 0. The second kappa shape index (κ2) is 4.01. The van der Waals surface area contributed by atoms with Gasteiger partial charge < -0.3 is 15.6 Å². The Kier molecular flexibility index (Phi) is 3.26. The summed E-state index contributed by atoms with van der Waals surface area (Å²) in [6.45, 7) is 3.01. The van der Waals surface area contributed by atoms with Crippen molar-refractivity contribution in [1.29, 1.82) is 0 Å². The SMILES string of the molecule is CCCCNC(N)C1OC1O. The van der Waals surface area contributed by atoms with Crippen molar-refractivity contribution in [2.75, 3.05) is 6.54 Å². The lowest BCUT2D eigenvalue weighted by Crippen LogP contribution is -2.43. The molecule has 1 rings (SSSR count). The van der Waals surface area contributed by atoms with Crippen molar-refractivity contribution in [3.05, 3.63) is 0 Å². The number of hydrogen-bond donors (Lipinski definition) is 3. The van der Waals surface area contributed by atoms with E-state index in [9.17, 15) is 0 Å². The molecule has 0 aromatic carbocycles. The molecule has 1 aliphatic rings. The molecule has 3 atom stereocenters. The summed E-state index contributed by atoms with van der Waals surface area (Å²) in [6.07, 6.45) is 1.21. The Morgan fingerprint density at radius 1 is 1.73 bits per heavy atom. The molecule has 0 spiro atoms. The molecule has 0 aliphatic carbocycles. The van der Waals surface area contributed by atoms with Gasteiger partial charge in [0, 0.05) is 0 Å². The van der Waals surface area contributed by atoms with Crippen molar-refractivity contribution in [3.63, 3.8) is 0 Å². The first-order valence-corrected chi connectivity index (χ1v) is 4.08. The molecule has 1 fully saturated rings. The summed E-state index contributed by atoms with van der Waals surface area (Å²) < 4.78 is 4.78. The van der Waals surface area contributed by atoms with Crippen LogP contribution in [-0.4, -0.2) is 30.2 Å². The third-order valence-electron chi connectivity index (χ3n) is 1.77. The van der Waals surface area contributed by atoms with Crippen molar-refractivity contribution >= 4 is 0 Å². The lowest BCUT2D eigenvalue weighted by Gasteiger charge is -2.09. The topological polar surface area (TPSA) is 70.8 Å². The van der Waals surface area contributed by atoms with Crippen LogP contribution in [0.15, 0.2) is 0 Å². The van der Waals surface area contributed by atoms with Crippen molar-refractivity contribution in [2.24, 2.45) is 5.73 Å². The van der Waals surface area contributed by atoms with Gasteiger partial charge in [-0.25, -0.2) is 0 Å². The van der Waals surface area contributed by atoms with E-state index in [2.05, 4.69) is 12.2 Å². The highest BCUT2D eigenvalue weighted by molar-refractivity contribution is 4.84. The minimum Gasteiger partial charge on any atom is -0.366 e. The molecule has 0 aromatic rings. The van der Waals surface area contributed by atoms with Gasteiger partial charge in [-0.05, 0) is 13.0 Å². The molecule has 1 saturated heterocycles. The average Bonchev–Trinajstić information content (AvgIpc) is 2.67. The van der Waals surface area contributed by atoms with Crippen molar-refractivity contribution in [3.8, 4) is 0 Å². The summed E-state index contributed by atoms with van der Waals surface area (Å²) in [4.78, 5) is 0. The Labute approximate surface area is 66.7 Å². The molecule has 1 aliphatic heterocycles. The largest absolute Gasteiger partial charge is 0.366 e. The summed E-state index contributed by atoms with van der Waals surface area (Å²) in [5.41, 5.74) is 5.61. The number of rotatable bonds is 5. The Morgan fingerprint density at radius 2 is 2.36 bits per heavy atom. The molecule has 4 nitrogen and oxygen atoms in total. The number of hydrogen-bond acceptors (Lipinski definition) is 4. The molecule has 4 N–H and O–H groups in total. The molecule has 0 radical (unpaired) electrons. The Hall–Kier alpha value is -0.160. The highest BCUT2D eigenvalue weighted by Crippen LogP contribution is 2.19. The quantitative estimate of drug-likeness (QED) is 0.285. The molecule has 0 saturated carbocycles. The zero-order valence-corrected chi connectivity index (χ0v) is 6.79. The zero-order chi connectivity index (χ0) is 8.27. The van der Waals surface area contributed by atoms with E-state index in [4.69, 9.17) is 15.6 Å². The third-order valence-corrected chi connectivity index (χ3v) is 1.77. The monoisotopic (exact) mass is 160 g/mol. The van der Waals surface area contributed by atoms with E-state index in [0.717, 1.165) is 19.4 Å². The number of nitrogens with one attached hydrogen (secondary N) is 1. The molecular formula is C7H16N2O2. The molecule has 0 bridgehead atoms. The lowest BCUT2D eigenvalue weighted by atomic mass is 10.3. The standard InChI is InChI=1S/C7H16N2O2/c1-2-3-4-9-6(8)5-7(10)11-5/h5-7,9-10H,2-4,8H2,1H3. The summed E-state index contributed by atoms with van der Waals surface area (Å²) >= 11 is 0. The number of unbranched alkanes of at least 4 members (excludes halogenated alkanes) is 1. The minimum atomic E-state index is -0.640. The molecular weight excluding hydrogens is 144 g/mol. The highest BCUT2D eigenvalue weighted by atomic mass is 16.7. The van der Waals surface area contributed by atoms with Crippen LogP contribution in [0.5, 0.6) is 0 Å². The van der Waals surface area contributed by atoms with E-state index in [1.165, 1.54) is 0 Å². The highest BCUT2D eigenvalue weighted by Gasteiger charge is 2.41. The molecule has 11 heavy (non-hydrogen) atoms. The van der Waals surface area contributed by atoms with E-state index in [1.807, 2.05) is 0 Å². The normalized spacial score (nSPS) is 31.9. The number of nitrogens with two attached hydrogens (primary N) is 1. The second-order valence-corrected chi connectivity index (χ2v) is 2.82. The van der Waals surface area contributed by atoms with Crippen LogP contribution in [0.25, 0.3) is 0 Å². The van der Waals surface area contributed by atoms with Crippen molar-refractivity contribution in [1.82, 2.24) is 5.32 Å². The Balaban J connectivity index is 1.98. The van der Waals surface area contributed by atoms with Crippen LogP contribution in [0.4, 0.5) is 0 Å². The molecule has 1 heterocycles. The number of ether oxygens (including phenoxy) is 1. The predicted octanol–water partition coefficient (Wildman–Crippen LogP) is -0.622. The van der Waals surface area contributed by atoms with Crippen LogP contribution in [0.1, 0.15) is 19.8 Å². The van der Waals surface area contributed by atoms with Crippen LogP contribution in [-0.2, 0) is 4.74 Å². The van der Waals surface area contributed by atoms with Crippen LogP contribution < -0.4 is 11.1 Å². The first-order chi connectivity index (χ1) is 5.25. The van der Waals surface area contributed by atoms with Gasteiger partial charge >= 0.3 is 0 Å². The number of aliphatic hydroxyl groups is 1. The van der Waals surface area contributed by atoms with Gasteiger partial charge in [0.2, 0.25) is 0 Å². The number of epoxide rings is 1. The molecule has 66 valence electrons. The van der Waals surface area contributed by atoms with Crippen LogP contribution in [0.2, 0.25) is 0 Å². The predicted molar refractivity (Wildman–Crippen MR) is 41.8 cm³/mol. The van der Waals surface area contributed by atoms with Gasteiger partial charge in [0.1, 0.15) is 6.10 Å². The average molecular weight is 160 g/mol. The van der Waals surface area contributed by atoms with Crippen molar-refractivity contribution < 1.29 is 9.84 Å². The van der Waals surface area contributed by atoms with Gasteiger partial charge in [-0.15, -0.1) is 0 Å².